The molecule has 2 aliphatic rings. The highest BCUT2D eigenvalue weighted by atomic mass is 16.7. The molecule has 0 atom stereocenters. The monoisotopic (exact) mass is 388 g/mol. The van der Waals surface area contributed by atoms with Crippen LogP contribution in [0, 0.1) is 0 Å². The lowest BCUT2D eigenvalue weighted by atomic mass is 9.94. The molecule has 6 nitrogen and oxygen atoms in total. The van der Waals surface area contributed by atoms with Crippen molar-refractivity contribution in [3.63, 3.8) is 0 Å². The largest absolute Gasteiger partial charge is 0.454 e. The van der Waals surface area contributed by atoms with E-state index in [0.29, 0.717) is 17.3 Å². The smallest absolute Gasteiger partial charge is 0.236 e. The molecule has 0 unspecified atom stereocenters. The number of benzene rings is 2. The van der Waals surface area contributed by atoms with Crippen LogP contribution in [0.3, 0.4) is 0 Å². The van der Waals surface area contributed by atoms with Crippen molar-refractivity contribution in [3.8, 4) is 22.8 Å². The summed E-state index contributed by atoms with van der Waals surface area (Å²) in [5, 5.41) is 12.2. The Morgan fingerprint density at radius 2 is 1.83 bits per heavy atom. The Labute approximate surface area is 168 Å². The van der Waals surface area contributed by atoms with E-state index in [1.54, 1.807) is 6.07 Å². The number of carbonyl (C=O) groups excluding carboxylic acids is 1. The van der Waals surface area contributed by atoms with Gasteiger partial charge in [0.2, 0.25) is 12.7 Å². The van der Waals surface area contributed by atoms with Gasteiger partial charge in [0.25, 0.3) is 0 Å². The number of pyridine rings is 1. The summed E-state index contributed by atoms with van der Waals surface area (Å²) in [6.45, 7) is 0.222. The van der Waals surface area contributed by atoms with E-state index < -0.39 is 5.41 Å². The van der Waals surface area contributed by atoms with E-state index in [1.165, 1.54) is 0 Å². The van der Waals surface area contributed by atoms with Gasteiger partial charge in [-0.3, -0.25) is 4.79 Å². The molecule has 146 valence electrons. The van der Waals surface area contributed by atoms with E-state index in [2.05, 4.69) is 10.3 Å². The fraction of sp³-hybridized carbons (Fsp3) is 0.217. The molecule has 0 saturated heterocycles. The van der Waals surface area contributed by atoms with Crippen molar-refractivity contribution >= 4 is 11.7 Å². The highest BCUT2D eigenvalue weighted by molar-refractivity contribution is 6.01. The Morgan fingerprint density at radius 1 is 1.03 bits per heavy atom. The molecule has 1 saturated carbocycles. The number of hydrogen-bond donors (Lipinski definition) is 2. The van der Waals surface area contributed by atoms with Crippen molar-refractivity contribution in [1.82, 2.24) is 4.98 Å². The summed E-state index contributed by atoms with van der Waals surface area (Å²) in [5.41, 5.74) is 2.93. The predicted molar refractivity (Wildman–Crippen MR) is 108 cm³/mol. The number of hydrogen-bond acceptors (Lipinski definition) is 5. The lowest BCUT2D eigenvalue weighted by Crippen LogP contribution is -2.28. The minimum Gasteiger partial charge on any atom is -0.454 e. The molecule has 29 heavy (non-hydrogen) atoms. The Balaban J connectivity index is 1.37. The SMILES string of the molecule is O=C(Nc1cccc(-c2ccc(CO)cc2)n1)C1(c2ccc3c(c2)OCO3)CC1. The Kier molecular flexibility index (Phi) is 4.21. The summed E-state index contributed by atoms with van der Waals surface area (Å²) in [7, 11) is 0. The van der Waals surface area contributed by atoms with Crippen LogP contribution in [0.4, 0.5) is 5.82 Å². The first-order valence-corrected chi connectivity index (χ1v) is 9.57. The Bertz CT molecular complexity index is 1070. The molecule has 1 amide bonds. The van der Waals surface area contributed by atoms with Crippen molar-refractivity contribution in [3.05, 3.63) is 71.8 Å². The third-order valence-electron chi connectivity index (χ3n) is 5.53. The molecule has 0 bridgehead atoms. The van der Waals surface area contributed by atoms with E-state index in [4.69, 9.17) is 9.47 Å². The first-order valence-electron chi connectivity index (χ1n) is 9.57. The molecule has 5 rings (SSSR count). The van der Waals surface area contributed by atoms with Crippen molar-refractivity contribution in [2.45, 2.75) is 24.9 Å². The molecule has 2 heterocycles. The van der Waals surface area contributed by atoms with Crippen molar-refractivity contribution in [2.75, 3.05) is 12.1 Å². The van der Waals surface area contributed by atoms with E-state index in [0.717, 1.165) is 35.2 Å². The molecule has 0 spiro atoms. The molecule has 3 aromatic rings. The quantitative estimate of drug-likeness (QED) is 0.698. The van der Waals surface area contributed by atoms with E-state index in [9.17, 15) is 9.90 Å². The van der Waals surface area contributed by atoms with Gasteiger partial charge < -0.3 is 19.9 Å². The molecule has 1 aliphatic carbocycles. The summed E-state index contributed by atoms with van der Waals surface area (Å²) >= 11 is 0. The topological polar surface area (TPSA) is 80.7 Å². The third kappa shape index (κ3) is 3.21. The molecule has 2 aromatic carbocycles. The summed E-state index contributed by atoms with van der Waals surface area (Å²) in [6, 6.07) is 18.8. The third-order valence-corrected chi connectivity index (χ3v) is 5.53. The summed E-state index contributed by atoms with van der Waals surface area (Å²) in [5.74, 6) is 1.86. The minimum absolute atomic E-state index is 0.00570. The molecule has 1 aliphatic heterocycles. The number of fused-ring (bicyclic) bond motifs is 1. The van der Waals surface area contributed by atoms with Crippen LogP contribution in [0.5, 0.6) is 11.5 Å². The molecule has 2 N–H and O–H groups in total. The van der Waals surface area contributed by atoms with Crippen LogP contribution in [0.15, 0.2) is 60.7 Å². The summed E-state index contributed by atoms with van der Waals surface area (Å²) in [6.07, 6.45) is 1.58. The highest BCUT2D eigenvalue weighted by Gasteiger charge is 2.51. The first-order chi connectivity index (χ1) is 14.2. The number of aromatic nitrogens is 1. The molecule has 1 fully saturated rings. The van der Waals surface area contributed by atoms with Gasteiger partial charge in [-0.1, -0.05) is 36.4 Å². The first kappa shape index (κ1) is 17.7. The van der Waals surface area contributed by atoms with Crippen LogP contribution in [0.2, 0.25) is 0 Å². The number of amides is 1. The average molecular weight is 388 g/mol. The van der Waals surface area contributed by atoms with Crippen LogP contribution in [-0.4, -0.2) is 22.8 Å². The lowest BCUT2D eigenvalue weighted by molar-refractivity contribution is -0.118. The van der Waals surface area contributed by atoms with Gasteiger partial charge in [0, 0.05) is 5.56 Å². The highest BCUT2D eigenvalue weighted by Crippen LogP contribution is 2.51. The number of rotatable bonds is 5. The van der Waals surface area contributed by atoms with Gasteiger partial charge in [0.05, 0.1) is 17.7 Å². The van der Waals surface area contributed by atoms with Crippen LogP contribution in [-0.2, 0) is 16.8 Å². The van der Waals surface area contributed by atoms with Crippen LogP contribution in [0.25, 0.3) is 11.3 Å². The summed E-state index contributed by atoms with van der Waals surface area (Å²) < 4.78 is 10.8. The van der Waals surface area contributed by atoms with Gasteiger partial charge in [0.1, 0.15) is 5.82 Å². The lowest BCUT2D eigenvalue weighted by Gasteiger charge is -2.16. The molecule has 6 heteroatoms. The average Bonchev–Trinajstić information content (AvgIpc) is 3.45. The van der Waals surface area contributed by atoms with Crippen LogP contribution >= 0.6 is 0 Å². The normalized spacial score (nSPS) is 15.8. The maximum atomic E-state index is 13.1. The number of nitrogens with one attached hydrogen (secondary N) is 1. The fourth-order valence-electron chi connectivity index (χ4n) is 3.65. The summed E-state index contributed by atoms with van der Waals surface area (Å²) in [4.78, 5) is 17.7. The minimum atomic E-state index is -0.540. The number of nitrogens with zero attached hydrogens (tertiary/aromatic N) is 1. The zero-order valence-electron chi connectivity index (χ0n) is 15.7. The molecule has 1 aromatic heterocycles. The van der Waals surface area contributed by atoms with Gasteiger partial charge in [-0.15, -0.1) is 0 Å². The van der Waals surface area contributed by atoms with Gasteiger partial charge in [-0.05, 0) is 48.2 Å². The molecular weight excluding hydrogens is 368 g/mol. The second-order valence-electron chi connectivity index (χ2n) is 7.37. The van der Waals surface area contributed by atoms with E-state index >= 15 is 0 Å². The molecule has 0 radical (unpaired) electrons. The Hall–Kier alpha value is -3.38. The van der Waals surface area contributed by atoms with Crippen molar-refractivity contribution < 1.29 is 19.4 Å². The van der Waals surface area contributed by atoms with Gasteiger partial charge >= 0.3 is 0 Å². The second-order valence-corrected chi connectivity index (χ2v) is 7.37. The number of aliphatic hydroxyl groups is 1. The number of anilines is 1. The fourth-order valence-corrected chi connectivity index (χ4v) is 3.65. The van der Waals surface area contributed by atoms with Gasteiger partial charge in [0.15, 0.2) is 11.5 Å². The van der Waals surface area contributed by atoms with E-state index in [-0.39, 0.29) is 19.3 Å². The standard InChI is InChI=1S/C23H20N2O4/c26-13-15-4-6-16(7-5-15)18-2-1-3-21(24-18)25-22(27)23(10-11-23)17-8-9-19-20(12-17)29-14-28-19/h1-9,12,26H,10-11,13-14H2,(H,24,25,27). The number of aliphatic hydroxyl groups excluding tert-OH is 1. The number of ether oxygens (including phenoxy) is 2. The van der Waals surface area contributed by atoms with Crippen molar-refractivity contribution in [2.24, 2.45) is 0 Å². The molecular formula is C23H20N2O4. The van der Waals surface area contributed by atoms with E-state index in [1.807, 2.05) is 54.6 Å². The maximum absolute atomic E-state index is 13.1. The number of carbonyl (C=O) groups is 1. The second kappa shape index (κ2) is 6.90. The Morgan fingerprint density at radius 3 is 2.59 bits per heavy atom. The van der Waals surface area contributed by atoms with Gasteiger partial charge in [-0.25, -0.2) is 4.98 Å². The van der Waals surface area contributed by atoms with Crippen LogP contribution in [0.1, 0.15) is 24.0 Å². The van der Waals surface area contributed by atoms with Crippen LogP contribution < -0.4 is 14.8 Å². The maximum Gasteiger partial charge on any atom is 0.236 e. The zero-order chi connectivity index (χ0) is 19.8. The van der Waals surface area contributed by atoms with Gasteiger partial charge in [-0.2, -0.15) is 0 Å². The zero-order valence-corrected chi connectivity index (χ0v) is 15.7. The predicted octanol–water partition coefficient (Wildman–Crippen LogP) is 3.64. The van der Waals surface area contributed by atoms with Crippen molar-refractivity contribution in [1.29, 1.82) is 0 Å².